The number of hydrogen-bond acceptors (Lipinski definition) is 3. The monoisotopic (exact) mass is 323 g/mol. The average molecular weight is 324 g/mol. The maximum absolute atomic E-state index is 12.9. The Morgan fingerprint density at radius 2 is 2.12 bits per heavy atom. The molecule has 0 aliphatic heterocycles. The predicted molar refractivity (Wildman–Crippen MR) is 70.2 cm³/mol. The van der Waals surface area contributed by atoms with Crippen LogP contribution in [0.15, 0.2) is 22.7 Å². The number of sulfone groups is 1. The highest BCUT2D eigenvalue weighted by Crippen LogP contribution is 2.26. The third-order valence-electron chi connectivity index (χ3n) is 2.46. The van der Waals surface area contributed by atoms with Crippen LogP contribution in [0, 0.1) is 5.82 Å². The van der Waals surface area contributed by atoms with Crippen LogP contribution in [0.5, 0.6) is 0 Å². The smallest absolute Gasteiger partial charge is 0.147 e. The number of halogens is 2. The molecule has 0 saturated heterocycles. The van der Waals surface area contributed by atoms with Crippen molar-refractivity contribution < 1.29 is 12.8 Å². The molecule has 1 rings (SSSR count). The molecule has 0 saturated carbocycles. The Labute approximate surface area is 109 Å². The zero-order valence-electron chi connectivity index (χ0n) is 9.70. The van der Waals surface area contributed by atoms with Crippen molar-refractivity contribution in [2.24, 2.45) is 0 Å². The van der Waals surface area contributed by atoms with Gasteiger partial charge in [-0.3, -0.25) is 0 Å². The van der Waals surface area contributed by atoms with E-state index in [1.165, 1.54) is 18.4 Å². The molecule has 1 aromatic rings. The summed E-state index contributed by atoms with van der Waals surface area (Å²) in [5.41, 5.74) is 0.859. The van der Waals surface area contributed by atoms with Gasteiger partial charge in [0.2, 0.25) is 0 Å². The second-order valence-corrected chi connectivity index (χ2v) is 7.04. The predicted octanol–water partition coefficient (Wildman–Crippen LogP) is 2.28. The lowest BCUT2D eigenvalue weighted by molar-refractivity contribution is 0.555. The highest BCUT2D eigenvalue weighted by Gasteiger charge is 2.15. The van der Waals surface area contributed by atoms with Crippen LogP contribution in [0.25, 0.3) is 0 Å². The number of rotatable bonds is 5. The van der Waals surface area contributed by atoms with Crippen molar-refractivity contribution in [2.75, 3.05) is 19.1 Å². The van der Waals surface area contributed by atoms with E-state index in [2.05, 4.69) is 21.2 Å². The van der Waals surface area contributed by atoms with Gasteiger partial charge >= 0.3 is 0 Å². The van der Waals surface area contributed by atoms with Gasteiger partial charge in [0.25, 0.3) is 0 Å². The SMILES string of the molecule is CNC(CCS(C)(=O)=O)c1ccc(F)cc1Br. The van der Waals surface area contributed by atoms with E-state index in [0.29, 0.717) is 10.9 Å². The minimum atomic E-state index is -2.99. The molecule has 17 heavy (non-hydrogen) atoms. The van der Waals surface area contributed by atoms with Gasteiger partial charge < -0.3 is 5.32 Å². The first-order valence-corrected chi connectivity index (χ1v) is 7.99. The third kappa shape index (κ3) is 4.73. The molecule has 6 heteroatoms. The number of nitrogens with one attached hydrogen (secondary N) is 1. The van der Waals surface area contributed by atoms with E-state index >= 15 is 0 Å². The van der Waals surface area contributed by atoms with Gasteiger partial charge in [0.1, 0.15) is 15.7 Å². The van der Waals surface area contributed by atoms with Crippen molar-refractivity contribution in [1.29, 1.82) is 0 Å². The van der Waals surface area contributed by atoms with Crippen molar-refractivity contribution in [1.82, 2.24) is 5.32 Å². The minimum absolute atomic E-state index is 0.0995. The molecule has 3 nitrogen and oxygen atoms in total. The first-order valence-electron chi connectivity index (χ1n) is 5.13. The molecule has 0 amide bonds. The van der Waals surface area contributed by atoms with Crippen LogP contribution in [-0.4, -0.2) is 27.5 Å². The van der Waals surface area contributed by atoms with Gasteiger partial charge in [-0.25, -0.2) is 12.8 Å². The largest absolute Gasteiger partial charge is 0.313 e. The Bertz CT molecular complexity index is 490. The van der Waals surface area contributed by atoms with Crippen molar-refractivity contribution in [3.8, 4) is 0 Å². The summed E-state index contributed by atoms with van der Waals surface area (Å²) in [6, 6.07) is 4.29. The highest BCUT2D eigenvalue weighted by molar-refractivity contribution is 9.10. The first-order chi connectivity index (χ1) is 7.83. The molecule has 0 heterocycles. The number of benzene rings is 1. The molecular weight excluding hydrogens is 309 g/mol. The summed E-state index contributed by atoms with van der Waals surface area (Å²) < 4.78 is 35.8. The fraction of sp³-hybridized carbons (Fsp3) is 0.455. The van der Waals surface area contributed by atoms with Gasteiger partial charge in [0.05, 0.1) is 5.75 Å². The topological polar surface area (TPSA) is 46.2 Å². The number of hydrogen-bond donors (Lipinski definition) is 1. The molecule has 0 aromatic heterocycles. The Kier molecular flexibility index (Phi) is 5.09. The second-order valence-electron chi connectivity index (χ2n) is 3.93. The summed E-state index contributed by atoms with van der Waals surface area (Å²) in [6.07, 6.45) is 1.67. The summed E-state index contributed by atoms with van der Waals surface area (Å²) in [7, 11) is -1.23. The van der Waals surface area contributed by atoms with E-state index in [9.17, 15) is 12.8 Å². The Hall–Kier alpha value is -0.460. The van der Waals surface area contributed by atoms with Crippen LogP contribution in [-0.2, 0) is 9.84 Å². The lowest BCUT2D eigenvalue weighted by Crippen LogP contribution is -2.20. The van der Waals surface area contributed by atoms with Gasteiger partial charge in [0, 0.05) is 16.8 Å². The summed E-state index contributed by atoms with van der Waals surface area (Å²) >= 11 is 3.28. The fourth-order valence-corrected chi connectivity index (χ4v) is 2.86. The second kappa shape index (κ2) is 5.93. The zero-order valence-corrected chi connectivity index (χ0v) is 12.1. The van der Waals surface area contributed by atoms with E-state index < -0.39 is 9.84 Å². The van der Waals surface area contributed by atoms with Crippen LogP contribution in [0.4, 0.5) is 4.39 Å². The van der Waals surface area contributed by atoms with E-state index in [1.807, 2.05) is 0 Å². The molecular formula is C11H15BrFNO2S. The Balaban J connectivity index is 2.86. The molecule has 0 radical (unpaired) electrons. The highest BCUT2D eigenvalue weighted by atomic mass is 79.9. The lowest BCUT2D eigenvalue weighted by Gasteiger charge is -2.17. The van der Waals surface area contributed by atoms with Crippen LogP contribution < -0.4 is 5.32 Å². The van der Waals surface area contributed by atoms with Crippen LogP contribution >= 0.6 is 15.9 Å². The van der Waals surface area contributed by atoms with E-state index in [0.717, 1.165) is 5.56 Å². The molecule has 96 valence electrons. The van der Waals surface area contributed by atoms with Crippen molar-refractivity contribution in [3.63, 3.8) is 0 Å². The first kappa shape index (κ1) is 14.6. The van der Waals surface area contributed by atoms with Crippen molar-refractivity contribution >= 4 is 25.8 Å². The molecule has 1 N–H and O–H groups in total. The van der Waals surface area contributed by atoms with Crippen molar-refractivity contribution in [3.05, 3.63) is 34.1 Å². The lowest BCUT2D eigenvalue weighted by atomic mass is 10.0. The summed E-state index contributed by atoms with van der Waals surface area (Å²) in [6.45, 7) is 0. The van der Waals surface area contributed by atoms with E-state index in [1.54, 1.807) is 13.1 Å². The van der Waals surface area contributed by atoms with Crippen molar-refractivity contribution in [2.45, 2.75) is 12.5 Å². The van der Waals surface area contributed by atoms with Gasteiger partial charge in [-0.05, 0) is 31.2 Å². The maximum atomic E-state index is 12.9. The van der Waals surface area contributed by atoms with Gasteiger partial charge in [0.15, 0.2) is 0 Å². The van der Waals surface area contributed by atoms with Crippen LogP contribution in [0.1, 0.15) is 18.0 Å². The average Bonchev–Trinajstić information content (AvgIpc) is 2.19. The van der Waals surface area contributed by atoms with Gasteiger partial charge in [-0.15, -0.1) is 0 Å². The molecule has 0 aliphatic rings. The summed E-state index contributed by atoms with van der Waals surface area (Å²) in [5.74, 6) is -0.221. The molecule has 1 atom stereocenters. The standard InChI is InChI=1S/C11H15BrFNO2S/c1-14-11(5-6-17(2,15)16)9-4-3-8(13)7-10(9)12/h3-4,7,11,14H,5-6H2,1-2H3. The Morgan fingerprint density at radius 1 is 1.47 bits per heavy atom. The van der Waals surface area contributed by atoms with Crippen LogP contribution in [0.3, 0.4) is 0 Å². The molecule has 1 unspecified atom stereocenters. The summed E-state index contributed by atoms with van der Waals surface area (Å²) in [5, 5.41) is 3.03. The fourth-order valence-electron chi connectivity index (χ4n) is 1.57. The van der Waals surface area contributed by atoms with E-state index in [4.69, 9.17) is 0 Å². The van der Waals surface area contributed by atoms with Gasteiger partial charge in [-0.1, -0.05) is 22.0 Å². The molecule has 0 spiro atoms. The molecule has 0 aliphatic carbocycles. The summed E-state index contributed by atoms with van der Waals surface area (Å²) in [4.78, 5) is 0. The Morgan fingerprint density at radius 3 is 2.59 bits per heavy atom. The molecule has 0 bridgehead atoms. The van der Waals surface area contributed by atoms with E-state index in [-0.39, 0.29) is 17.6 Å². The minimum Gasteiger partial charge on any atom is -0.313 e. The molecule has 0 fully saturated rings. The maximum Gasteiger partial charge on any atom is 0.147 e. The van der Waals surface area contributed by atoms with Crippen LogP contribution in [0.2, 0.25) is 0 Å². The molecule has 1 aromatic carbocycles. The zero-order chi connectivity index (χ0) is 13.1. The quantitative estimate of drug-likeness (QED) is 0.904. The normalized spacial score (nSPS) is 13.6. The third-order valence-corrected chi connectivity index (χ3v) is 4.13. The van der Waals surface area contributed by atoms with Gasteiger partial charge in [-0.2, -0.15) is 0 Å².